The summed E-state index contributed by atoms with van der Waals surface area (Å²) >= 11 is 0. The van der Waals surface area contributed by atoms with Gasteiger partial charge < -0.3 is 14.2 Å². The SMILES string of the molecule is Cc1noc(NC(=O)N2CCOC(c3ccccc3)CC2)n1. The molecule has 1 fully saturated rings. The van der Waals surface area contributed by atoms with Gasteiger partial charge in [-0.3, -0.25) is 5.32 Å². The third kappa shape index (κ3) is 3.43. The van der Waals surface area contributed by atoms with Crippen molar-refractivity contribution in [2.75, 3.05) is 25.0 Å². The molecule has 0 spiro atoms. The van der Waals surface area contributed by atoms with Crippen molar-refractivity contribution in [1.29, 1.82) is 0 Å². The summed E-state index contributed by atoms with van der Waals surface area (Å²) in [6.07, 6.45) is 0.768. The second-order valence-electron chi connectivity index (χ2n) is 5.12. The fraction of sp³-hybridized carbons (Fsp3) is 0.400. The standard InChI is InChI=1S/C15H18N4O3/c1-11-16-14(22-18-11)17-15(20)19-8-7-13(21-10-9-19)12-5-3-2-4-6-12/h2-6,13H,7-10H2,1H3,(H,16,17,18,20). The number of benzene rings is 1. The van der Waals surface area contributed by atoms with Crippen LogP contribution < -0.4 is 5.32 Å². The molecule has 1 aliphatic rings. The van der Waals surface area contributed by atoms with Gasteiger partial charge in [0.1, 0.15) is 0 Å². The minimum absolute atomic E-state index is 0.0182. The van der Waals surface area contributed by atoms with Crippen molar-refractivity contribution in [2.24, 2.45) is 0 Å². The molecule has 22 heavy (non-hydrogen) atoms. The van der Waals surface area contributed by atoms with Crippen molar-refractivity contribution in [1.82, 2.24) is 15.0 Å². The molecule has 7 heteroatoms. The zero-order valence-electron chi connectivity index (χ0n) is 12.4. The summed E-state index contributed by atoms with van der Waals surface area (Å²) in [6.45, 7) is 3.33. The van der Waals surface area contributed by atoms with Crippen molar-refractivity contribution >= 4 is 12.0 Å². The van der Waals surface area contributed by atoms with Crippen molar-refractivity contribution in [3.05, 3.63) is 41.7 Å². The van der Waals surface area contributed by atoms with Crippen molar-refractivity contribution in [3.8, 4) is 0 Å². The number of carbonyl (C=O) groups is 1. The maximum Gasteiger partial charge on any atom is 0.329 e. The van der Waals surface area contributed by atoms with E-state index in [1.54, 1.807) is 11.8 Å². The van der Waals surface area contributed by atoms with Gasteiger partial charge in [-0.2, -0.15) is 4.98 Å². The van der Waals surface area contributed by atoms with Gasteiger partial charge in [0.2, 0.25) is 0 Å². The van der Waals surface area contributed by atoms with Gasteiger partial charge in [0.15, 0.2) is 5.82 Å². The summed E-state index contributed by atoms with van der Waals surface area (Å²) in [7, 11) is 0. The summed E-state index contributed by atoms with van der Waals surface area (Å²) < 4.78 is 10.7. The van der Waals surface area contributed by atoms with Gasteiger partial charge in [-0.15, -0.1) is 0 Å². The highest BCUT2D eigenvalue weighted by Crippen LogP contribution is 2.23. The van der Waals surface area contributed by atoms with Crippen LogP contribution >= 0.6 is 0 Å². The van der Waals surface area contributed by atoms with Crippen LogP contribution in [0.2, 0.25) is 0 Å². The Labute approximate surface area is 128 Å². The maximum atomic E-state index is 12.2. The molecular formula is C15H18N4O3. The number of aromatic nitrogens is 2. The van der Waals surface area contributed by atoms with Gasteiger partial charge in [-0.25, -0.2) is 4.79 Å². The molecule has 0 saturated carbocycles. The Kier molecular flexibility index (Phi) is 4.34. The van der Waals surface area contributed by atoms with E-state index in [1.807, 2.05) is 30.3 Å². The first-order valence-corrected chi connectivity index (χ1v) is 7.25. The first kappa shape index (κ1) is 14.5. The van der Waals surface area contributed by atoms with Crippen LogP contribution in [0.25, 0.3) is 0 Å². The molecule has 1 atom stereocenters. The van der Waals surface area contributed by atoms with Crippen LogP contribution in [0.15, 0.2) is 34.9 Å². The molecule has 2 heterocycles. The van der Waals surface area contributed by atoms with E-state index in [9.17, 15) is 4.79 Å². The molecule has 116 valence electrons. The zero-order valence-corrected chi connectivity index (χ0v) is 12.4. The maximum absolute atomic E-state index is 12.2. The number of hydrogen-bond acceptors (Lipinski definition) is 5. The van der Waals surface area contributed by atoms with Crippen LogP contribution in [0.1, 0.15) is 23.9 Å². The number of rotatable bonds is 2. The predicted molar refractivity (Wildman–Crippen MR) is 79.4 cm³/mol. The number of anilines is 1. The minimum Gasteiger partial charge on any atom is -0.372 e. The lowest BCUT2D eigenvalue weighted by Crippen LogP contribution is -2.36. The van der Waals surface area contributed by atoms with E-state index in [4.69, 9.17) is 9.26 Å². The average molecular weight is 302 g/mol. The predicted octanol–water partition coefficient (Wildman–Crippen LogP) is 2.37. The Hall–Kier alpha value is -2.41. The Balaban J connectivity index is 1.59. The van der Waals surface area contributed by atoms with Gasteiger partial charge in [0.05, 0.1) is 12.7 Å². The molecule has 1 aromatic carbocycles. The zero-order chi connectivity index (χ0) is 15.4. The summed E-state index contributed by atoms with van der Waals surface area (Å²) in [4.78, 5) is 17.9. The largest absolute Gasteiger partial charge is 0.372 e. The van der Waals surface area contributed by atoms with E-state index in [-0.39, 0.29) is 18.1 Å². The summed E-state index contributed by atoms with van der Waals surface area (Å²) in [5.41, 5.74) is 1.14. The van der Waals surface area contributed by atoms with Crippen LogP contribution in [-0.2, 0) is 4.74 Å². The van der Waals surface area contributed by atoms with Gasteiger partial charge in [-0.1, -0.05) is 35.5 Å². The molecule has 1 unspecified atom stereocenters. The van der Waals surface area contributed by atoms with E-state index in [2.05, 4.69) is 15.5 Å². The van der Waals surface area contributed by atoms with Gasteiger partial charge in [0, 0.05) is 13.1 Å². The van der Waals surface area contributed by atoms with E-state index in [0.717, 1.165) is 12.0 Å². The van der Waals surface area contributed by atoms with Gasteiger partial charge >= 0.3 is 12.0 Å². The molecule has 0 aliphatic carbocycles. The molecule has 2 aromatic rings. The Morgan fingerprint density at radius 2 is 2.14 bits per heavy atom. The molecule has 1 saturated heterocycles. The second kappa shape index (κ2) is 6.57. The Morgan fingerprint density at radius 3 is 2.86 bits per heavy atom. The molecule has 0 radical (unpaired) electrons. The minimum atomic E-state index is -0.249. The van der Waals surface area contributed by atoms with E-state index < -0.39 is 0 Å². The van der Waals surface area contributed by atoms with Crippen LogP contribution in [0.5, 0.6) is 0 Å². The molecule has 1 aliphatic heterocycles. The third-order valence-electron chi connectivity index (χ3n) is 3.54. The lowest BCUT2D eigenvalue weighted by molar-refractivity contribution is 0.0626. The number of nitrogens with one attached hydrogen (secondary N) is 1. The summed E-state index contributed by atoms with van der Waals surface area (Å²) in [5, 5.41) is 6.25. The Morgan fingerprint density at radius 1 is 1.32 bits per heavy atom. The first-order valence-electron chi connectivity index (χ1n) is 7.25. The molecular weight excluding hydrogens is 284 g/mol. The van der Waals surface area contributed by atoms with Gasteiger partial charge in [0.25, 0.3) is 0 Å². The van der Waals surface area contributed by atoms with Crippen molar-refractivity contribution < 1.29 is 14.1 Å². The third-order valence-corrected chi connectivity index (χ3v) is 3.54. The molecule has 3 rings (SSSR count). The van der Waals surface area contributed by atoms with E-state index >= 15 is 0 Å². The molecule has 0 bridgehead atoms. The Bertz CT molecular complexity index is 629. The number of hydrogen-bond donors (Lipinski definition) is 1. The summed E-state index contributed by atoms with van der Waals surface area (Å²) in [5.74, 6) is 0.485. The molecule has 7 nitrogen and oxygen atoms in total. The van der Waals surface area contributed by atoms with Crippen LogP contribution in [0.3, 0.4) is 0 Å². The number of ether oxygens (including phenoxy) is 1. The van der Waals surface area contributed by atoms with Crippen LogP contribution in [-0.4, -0.2) is 40.8 Å². The lowest BCUT2D eigenvalue weighted by Gasteiger charge is -2.18. The fourth-order valence-electron chi connectivity index (χ4n) is 2.43. The van der Waals surface area contributed by atoms with E-state index in [0.29, 0.717) is 25.5 Å². The number of nitrogens with zero attached hydrogens (tertiary/aromatic N) is 3. The number of aryl methyl sites for hydroxylation is 1. The van der Waals surface area contributed by atoms with E-state index in [1.165, 1.54) is 0 Å². The normalized spacial score (nSPS) is 18.8. The number of carbonyl (C=O) groups excluding carboxylic acids is 1. The smallest absolute Gasteiger partial charge is 0.329 e. The first-order chi connectivity index (χ1) is 10.7. The van der Waals surface area contributed by atoms with Crippen LogP contribution in [0.4, 0.5) is 10.8 Å². The van der Waals surface area contributed by atoms with Gasteiger partial charge in [-0.05, 0) is 18.9 Å². The van der Waals surface area contributed by atoms with Crippen molar-refractivity contribution in [3.63, 3.8) is 0 Å². The fourth-order valence-corrected chi connectivity index (χ4v) is 2.43. The molecule has 2 amide bonds. The number of urea groups is 1. The second-order valence-corrected chi connectivity index (χ2v) is 5.12. The topological polar surface area (TPSA) is 80.5 Å². The quantitative estimate of drug-likeness (QED) is 0.921. The van der Waals surface area contributed by atoms with Crippen LogP contribution in [0, 0.1) is 6.92 Å². The molecule has 1 N–H and O–H groups in total. The highest BCUT2D eigenvalue weighted by Gasteiger charge is 2.23. The highest BCUT2D eigenvalue weighted by atomic mass is 16.5. The highest BCUT2D eigenvalue weighted by molar-refractivity contribution is 5.87. The number of amides is 2. The monoisotopic (exact) mass is 302 g/mol. The summed E-state index contributed by atoms with van der Waals surface area (Å²) in [6, 6.07) is 9.92. The lowest BCUT2D eigenvalue weighted by atomic mass is 10.1. The molecule has 1 aromatic heterocycles. The average Bonchev–Trinajstić information content (AvgIpc) is 2.80. The van der Waals surface area contributed by atoms with Crippen molar-refractivity contribution in [2.45, 2.75) is 19.4 Å².